The fraction of sp³-hybridized carbons (Fsp3) is 0.115. The first-order chi connectivity index (χ1) is 16.5. The summed E-state index contributed by atoms with van der Waals surface area (Å²) in [6.45, 7) is -0.164. The lowest BCUT2D eigenvalue weighted by atomic mass is 10.0. The molecule has 0 aliphatic carbocycles. The number of imidazole rings is 1. The summed E-state index contributed by atoms with van der Waals surface area (Å²) >= 11 is 0. The maximum absolute atomic E-state index is 13.3. The summed E-state index contributed by atoms with van der Waals surface area (Å²) in [5.41, 5.74) is 1.81. The number of H-pyrrole nitrogens is 1. The molecule has 1 atom stereocenters. The van der Waals surface area contributed by atoms with E-state index in [0.717, 1.165) is 16.3 Å². The number of aromatic amines is 1. The van der Waals surface area contributed by atoms with Crippen LogP contribution in [-0.2, 0) is 0 Å². The molecule has 0 aliphatic heterocycles. The predicted molar refractivity (Wildman–Crippen MR) is 127 cm³/mol. The second-order valence-corrected chi connectivity index (χ2v) is 8.01. The molecule has 2 aromatic heterocycles. The average molecular weight is 456 g/mol. The minimum absolute atomic E-state index is 0.0613. The van der Waals surface area contributed by atoms with Gasteiger partial charge in [-0.3, -0.25) is 14.0 Å². The number of benzene rings is 3. The zero-order valence-corrected chi connectivity index (χ0v) is 18.0. The maximum Gasteiger partial charge on any atom is 0.292 e. The number of aliphatic hydroxyl groups is 1. The number of nitrogens with one attached hydrogen (secondary N) is 2. The van der Waals surface area contributed by atoms with E-state index in [9.17, 15) is 19.1 Å². The van der Waals surface area contributed by atoms with Crippen molar-refractivity contribution in [1.82, 2.24) is 19.7 Å². The summed E-state index contributed by atoms with van der Waals surface area (Å²) in [6.07, 6.45) is 3.46. The molecule has 0 spiro atoms. The number of carbonyl (C=O) groups is 1. The van der Waals surface area contributed by atoms with Gasteiger partial charge in [0, 0.05) is 24.6 Å². The van der Waals surface area contributed by atoms with E-state index in [4.69, 9.17) is 0 Å². The zero-order chi connectivity index (χ0) is 23.7. The molecule has 1 amide bonds. The van der Waals surface area contributed by atoms with E-state index in [2.05, 4.69) is 15.3 Å². The minimum atomic E-state index is -0.533. The Labute approximate surface area is 193 Å². The smallest absolute Gasteiger partial charge is 0.292 e. The molecule has 3 aromatic carbocycles. The van der Waals surface area contributed by atoms with Gasteiger partial charge in [-0.15, -0.1) is 0 Å². The van der Waals surface area contributed by atoms with E-state index < -0.39 is 17.5 Å². The van der Waals surface area contributed by atoms with Crippen LogP contribution >= 0.6 is 0 Å². The first-order valence-corrected chi connectivity index (χ1v) is 10.8. The van der Waals surface area contributed by atoms with Crippen LogP contribution in [0.1, 0.15) is 28.5 Å². The van der Waals surface area contributed by atoms with Gasteiger partial charge in [0.25, 0.3) is 11.5 Å². The Bertz CT molecular complexity index is 1560. The lowest BCUT2D eigenvalue weighted by Gasteiger charge is -2.17. The van der Waals surface area contributed by atoms with Crippen LogP contribution in [-0.4, -0.2) is 32.0 Å². The van der Waals surface area contributed by atoms with E-state index in [1.54, 1.807) is 18.3 Å². The number of aromatic nitrogens is 3. The van der Waals surface area contributed by atoms with Gasteiger partial charge >= 0.3 is 0 Å². The normalized spacial score (nSPS) is 12.2. The monoisotopic (exact) mass is 456 g/mol. The van der Waals surface area contributed by atoms with Crippen LogP contribution in [0.3, 0.4) is 0 Å². The highest BCUT2D eigenvalue weighted by Crippen LogP contribution is 2.23. The lowest BCUT2D eigenvalue weighted by Crippen LogP contribution is -2.29. The van der Waals surface area contributed by atoms with Gasteiger partial charge in [-0.1, -0.05) is 48.5 Å². The number of carbonyl (C=O) groups excluding carboxylic acids is 1. The van der Waals surface area contributed by atoms with Gasteiger partial charge in [0.15, 0.2) is 0 Å². The molecule has 0 bridgehead atoms. The molecule has 34 heavy (non-hydrogen) atoms. The largest absolute Gasteiger partial charge is 0.396 e. The third-order valence-corrected chi connectivity index (χ3v) is 5.74. The van der Waals surface area contributed by atoms with Crippen molar-refractivity contribution in [1.29, 1.82) is 0 Å². The first kappa shape index (κ1) is 21.5. The molecule has 0 saturated carbocycles. The van der Waals surface area contributed by atoms with Crippen molar-refractivity contribution in [2.75, 3.05) is 6.61 Å². The van der Waals surface area contributed by atoms with Crippen molar-refractivity contribution in [3.05, 3.63) is 107 Å². The molecule has 8 heteroatoms. The summed E-state index contributed by atoms with van der Waals surface area (Å²) in [6, 6.07) is 19.0. The van der Waals surface area contributed by atoms with Gasteiger partial charge in [-0.05, 0) is 41.0 Å². The van der Waals surface area contributed by atoms with Gasteiger partial charge in [-0.25, -0.2) is 9.37 Å². The van der Waals surface area contributed by atoms with Crippen LogP contribution in [0.25, 0.3) is 27.7 Å². The van der Waals surface area contributed by atoms with E-state index in [1.807, 2.05) is 42.5 Å². The van der Waals surface area contributed by atoms with Crippen LogP contribution in [0.2, 0.25) is 0 Å². The number of nitrogens with zero attached hydrogens (tertiary/aromatic N) is 2. The zero-order valence-electron chi connectivity index (χ0n) is 18.0. The lowest BCUT2D eigenvalue weighted by molar-refractivity contribution is 0.0925. The molecular weight excluding hydrogens is 435 g/mol. The van der Waals surface area contributed by atoms with E-state index in [0.29, 0.717) is 11.3 Å². The number of rotatable bonds is 6. The molecule has 0 fully saturated rings. The summed E-state index contributed by atoms with van der Waals surface area (Å²) in [5, 5.41) is 14.3. The summed E-state index contributed by atoms with van der Waals surface area (Å²) in [4.78, 5) is 32.6. The van der Waals surface area contributed by atoms with E-state index >= 15 is 0 Å². The molecular formula is C26H21FN4O3. The second kappa shape index (κ2) is 8.92. The highest BCUT2D eigenvalue weighted by atomic mass is 19.1. The average Bonchev–Trinajstić information content (AvgIpc) is 3.29. The molecule has 7 nitrogen and oxygen atoms in total. The number of aliphatic hydroxyl groups excluding tert-OH is 1. The standard InChI is InChI=1S/C26H21FN4O3/c27-20-9-7-17(8-10-20)21(11-12-32)29-25(33)23-15-31-14-22(30-26(34)24(31)28-23)19-6-5-16-3-1-2-4-18(16)13-19/h1-10,13-15,21,32H,11-12H2,(H,29,33)(H,30,34)/t21-/m1/s1. The topological polar surface area (TPSA) is 99.5 Å². The predicted octanol–water partition coefficient (Wildman–Crippen LogP) is 3.84. The number of halogens is 1. The summed E-state index contributed by atoms with van der Waals surface area (Å²) < 4.78 is 14.8. The quantitative estimate of drug-likeness (QED) is 0.362. The Hall–Kier alpha value is -4.30. The summed E-state index contributed by atoms with van der Waals surface area (Å²) in [7, 11) is 0. The Morgan fingerprint density at radius 3 is 2.59 bits per heavy atom. The number of amides is 1. The molecule has 170 valence electrons. The Morgan fingerprint density at radius 1 is 1.06 bits per heavy atom. The van der Waals surface area contributed by atoms with Gasteiger partial charge in [0.05, 0.1) is 11.7 Å². The Morgan fingerprint density at radius 2 is 1.82 bits per heavy atom. The molecule has 3 N–H and O–H groups in total. The third kappa shape index (κ3) is 4.18. The Kier molecular flexibility index (Phi) is 5.65. The molecule has 0 saturated heterocycles. The summed E-state index contributed by atoms with van der Waals surface area (Å²) in [5.74, 6) is -0.891. The highest BCUT2D eigenvalue weighted by molar-refractivity contribution is 5.93. The first-order valence-electron chi connectivity index (χ1n) is 10.8. The van der Waals surface area contributed by atoms with Crippen LogP contribution in [0.5, 0.6) is 0 Å². The SMILES string of the molecule is O=C(N[C@H](CCO)c1ccc(F)cc1)c1cn2cc(-c3ccc4ccccc4c3)[nH]c(=O)c2n1. The highest BCUT2D eigenvalue weighted by Gasteiger charge is 2.19. The number of hydrogen-bond acceptors (Lipinski definition) is 4. The molecule has 5 rings (SSSR count). The number of hydrogen-bond donors (Lipinski definition) is 3. The minimum Gasteiger partial charge on any atom is -0.396 e. The van der Waals surface area contributed by atoms with Gasteiger partial charge in [0.2, 0.25) is 5.65 Å². The van der Waals surface area contributed by atoms with Crippen LogP contribution in [0.15, 0.2) is 83.9 Å². The molecule has 0 radical (unpaired) electrons. The molecule has 0 unspecified atom stereocenters. The third-order valence-electron chi connectivity index (χ3n) is 5.74. The van der Waals surface area contributed by atoms with E-state index in [-0.39, 0.29) is 30.2 Å². The second-order valence-electron chi connectivity index (χ2n) is 8.01. The van der Waals surface area contributed by atoms with E-state index in [1.165, 1.54) is 22.7 Å². The Balaban J connectivity index is 1.46. The van der Waals surface area contributed by atoms with Crippen molar-refractivity contribution in [3.63, 3.8) is 0 Å². The molecule has 2 heterocycles. The van der Waals surface area contributed by atoms with Crippen molar-refractivity contribution in [2.45, 2.75) is 12.5 Å². The molecule has 5 aromatic rings. The van der Waals surface area contributed by atoms with Gasteiger partial charge in [-0.2, -0.15) is 0 Å². The maximum atomic E-state index is 13.3. The van der Waals surface area contributed by atoms with Crippen LogP contribution < -0.4 is 10.9 Å². The van der Waals surface area contributed by atoms with Crippen molar-refractivity contribution in [3.8, 4) is 11.3 Å². The molecule has 0 aliphatic rings. The van der Waals surface area contributed by atoms with Crippen LogP contribution in [0.4, 0.5) is 4.39 Å². The van der Waals surface area contributed by atoms with Gasteiger partial charge < -0.3 is 15.4 Å². The van der Waals surface area contributed by atoms with Crippen molar-refractivity contribution < 1.29 is 14.3 Å². The van der Waals surface area contributed by atoms with Crippen molar-refractivity contribution in [2.24, 2.45) is 0 Å². The van der Waals surface area contributed by atoms with Crippen LogP contribution in [0, 0.1) is 5.82 Å². The van der Waals surface area contributed by atoms with Gasteiger partial charge in [0.1, 0.15) is 11.5 Å². The fourth-order valence-electron chi connectivity index (χ4n) is 4.00. The van der Waals surface area contributed by atoms with Crippen molar-refractivity contribution >= 4 is 22.3 Å². The number of fused-ring (bicyclic) bond motifs is 2. The fourth-order valence-corrected chi connectivity index (χ4v) is 4.00.